The van der Waals surface area contributed by atoms with Crippen LogP contribution < -0.4 is 15.0 Å². The molecule has 0 spiro atoms. The highest BCUT2D eigenvalue weighted by Gasteiger charge is 2.45. The summed E-state index contributed by atoms with van der Waals surface area (Å²) in [5.74, 6) is 1.60. The number of hydrogen-bond acceptors (Lipinski definition) is 8. The lowest BCUT2D eigenvalue weighted by Gasteiger charge is -2.37. The number of nitrogens with one attached hydrogen (secondary N) is 1. The molecule has 2 N–H and O–H groups in total. The lowest BCUT2D eigenvalue weighted by Crippen LogP contribution is -2.52. The van der Waals surface area contributed by atoms with Crippen LogP contribution in [-0.4, -0.2) is 75.4 Å². The van der Waals surface area contributed by atoms with Gasteiger partial charge in [0.2, 0.25) is 0 Å². The minimum atomic E-state index is -0.700. The maximum Gasteiger partial charge on any atom is 0.319 e. The molecule has 220 valence electrons. The van der Waals surface area contributed by atoms with Crippen LogP contribution in [0.25, 0.3) is 32.9 Å². The van der Waals surface area contributed by atoms with E-state index in [1.807, 2.05) is 0 Å². The van der Waals surface area contributed by atoms with E-state index in [1.54, 1.807) is 6.20 Å². The molecule has 6 heterocycles. The zero-order valence-corrected chi connectivity index (χ0v) is 23.7. The van der Waals surface area contributed by atoms with E-state index in [4.69, 9.17) is 16.1 Å². The minimum Gasteiger partial charge on any atom is -0.508 e. The Hall–Kier alpha value is -4.07. The molecule has 0 aliphatic carbocycles. The number of rotatable bonds is 5. The molecule has 4 saturated heterocycles. The summed E-state index contributed by atoms with van der Waals surface area (Å²) in [6, 6.07) is 6.17. The number of piperazine rings is 1. The number of terminal acetylenes is 1. The maximum atomic E-state index is 16.8. The number of halogens is 2. The number of benzene rings is 2. The quantitative estimate of drug-likeness (QED) is 0.326. The van der Waals surface area contributed by atoms with Crippen LogP contribution in [0.15, 0.2) is 30.5 Å². The third kappa shape index (κ3) is 4.13. The summed E-state index contributed by atoms with van der Waals surface area (Å²) in [4.78, 5) is 18.9. The zero-order chi connectivity index (χ0) is 29.3. The molecule has 1 unspecified atom stereocenters. The van der Waals surface area contributed by atoms with E-state index in [0.717, 1.165) is 64.7 Å². The molecule has 4 aliphatic rings. The number of fused-ring (bicyclic) bond motifs is 5. The highest BCUT2D eigenvalue weighted by molar-refractivity contribution is 6.03. The van der Waals surface area contributed by atoms with Crippen molar-refractivity contribution in [3.8, 4) is 35.4 Å². The van der Waals surface area contributed by atoms with Crippen LogP contribution in [0.5, 0.6) is 11.8 Å². The van der Waals surface area contributed by atoms with Crippen LogP contribution in [-0.2, 0) is 0 Å². The summed E-state index contributed by atoms with van der Waals surface area (Å²) in [5.41, 5.74) is 0.148. The summed E-state index contributed by atoms with van der Waals surface area (Å²) in [6.07, 6.45) is 13.7. The predicted octanol–water partition coefficient (Wildman–Crippen LogP) is 4.76. The Morgan fingerprint density at radius 1 is 1.09 bits per heavy atom. The van der Waals surface area contributed by atoms with Crippen molar-refractivity contribution in [2.75, 3.05) is 37.7 Å². The molecular formula is C33H32F2N6O2. The van der Waals surface area contributed by atoms with E-state index in [0.29, 0.717) is 28.6 Å². The molecule has 2 bridgehead atoms. The van der Waals surface area contributed by atoms with Crippen molar-refractivity contribution >= 4 is 27.5 Å². The Kier molecular flexibility index (Phi) is 6.17. The highest BCUT2D eigenvalue weighted by atomic mass is 19.1. The van der Waals surface area contributed by atoms with E-state index in [-0.39, 0.29) is 51.7 Å². The van der Waals surface area contributed by atoms with Gasteiger partial charge in [-0.25, -0.2) is 8.78 Å². The smallest absolute Gasteiger partial charge is 0.319 e. The average molecular weight is 583 g/mol. The first-order valence-electron chi connectivity index (χ1n) is 15.1. The minimum absolute atomic E-state index is 0.0180. The number of pyridine rings is 1. The van der Waals surface area contributed by atoms with E-state index in [9.17, 15) is 9.50 Å². The molecule has 4 fully saturated rings. The van der Waals surface area contributed by atoms with Gasteiger partial charge in [0.1, 0.15) is 35.2 Å². The van der Waals surface area contributed by atoms with Gasteiger partial charge in [0.15, 0.2) is 5.82 Å². The largest absolute Gasteiger partial charge is 0.508 e. The Balaban J connectivity index is 1.30. The zero-order valence-electron chi connectivity index (χ0n) is 23.7. The lowest BCUT2D eigenvalue weighted by molar-refractivity contribution is 0.108. The van der Waals surface area contributed by atoms with Gasteiger partial charge in [-0.1, -0.05) is 12.0 Å². The van der Waals surface area contributed by atoms with Gasteiger partial charge in [-0.3, -0.25) is 9.88 Å². The second-order valence-electron chi connectivity index (χ2n) is 12.3. The van der Waals surface area contributed by atoms with Gasteiger partial charge in [0.25, 0.3) is 0 Å². The van der Waals surface area contributed by atoms with Crippen molar-refractivity contribution < 1.29 is 18.6 Å². The standard InChI is InChI=1S/C33H32F2N6O2/c1-2-23-26(34)8-5-19-13-22(42)14-24(27(19)23)29-28(35)30-25(17-37-29)31(41-20-6-7-21(41)16-36-15-20)39-32(38-30)43-18-33-9-3-11-40(33)12-4-10-33/h1,5,8,13-14,17,20-21,36,42H,3-4,6-7,9-12,15-16,18H2/t20-,21?/m1/s1. The van der Waals surface area contributed by atoms with Gasteiger partial charge < -0.3 is 20.1 Å². The Labute approximate surface area is 248 Å². The fourth-order valence-electron chi connectivity index (χ4n) is 8.01. The first-order valence-corrected chi connectivity index (χ1v) is 15.1. The second-order valence-corrected chi connectivity index (χ2v) is 12.3. The molecule has 2 aromatic carbocycles. The van der Waals surface area contributed by atoms with Gasteiger partial charge in [-0.05, 0) is 75.2 Å². The molecule has 10 heteroatoms. The fourth-order valence-corrected chi connectivity index (χ4v) is 8.01. The third-order valence-electron chi connectivity index (χ3n) is 10.0. The van der Waals surface area contributed by atoms with Crippen molar-refractivity contribution in [3.05, 3.63) is 47.7 Å². The maximum absolute atomic E-state index is 16.8. The van der Waals surface area contributed by atoms with E-state index in [2.05, 4.69) is 31.0 Å². The normalized spacial score (nSPS) is 22.8. The van der Waals surface area contributed by atoms with Crippen molar-refractivity contribution in [2.45, 2.75) is 56.1 Å². The van der Waals surface area contributed by atoms with E-state index < -0.39 is 11.6 Å². The number of hydrogen-bond donors (Lipinski definition) is 2. The molecule has 4 aromatic rings. The molecular weight excluding hydrogens is 550 g/mol. The Morgan fingerprint density at radius 2 is 1.86 bits per heavy atom. The molecule has 43 heavy (non-hydrogen) atoms. The third-order valence-corrected chi connectivity index (χ3v) is 10.0. The molecule has 0 saturated carbocycles. The number of nitrogens with zero attached hydrogens (tertiary/aromatic N) is 5. The first kappa shape index (κ1) is 26.5. The average Bonchev–Trinajstić information content (AvgIpc) is 3.66. The van der Waals surface area contributed by atoms with Crippen LogP contribution in [0.4, 0.5) is 14.6 Å². The summed E-state index contributed by atoms with van der Waals surface area (Å²) in [5, 5.41) is 15.3. The van der Waals surface area contributed by atoms with Crippen molar-refractivity contribution in [3.63, 3.8) is 0 Å². The van der Waals surface area contributed by atoms with Gasteiger partial charge >= 0.3 is 6.01 Å². The SMILES string of the molecule is C#Cc1c(F)ccc2cc(O)cc(-c3ncc4c(N5C6CC[C@@H]5CNC6)nc(OCC56CCCN5CCC6)nc4c3F)c12. The number of aromatic hydroxyl groups is 1. The highest BCUT2D eigenvalue weighted by Crippen LogP contribution is 2.42. The summed E-state index contributed by atoms with van der Waals surface area (Å²) >= 11 is 0. The summed E-state index contributed by atoms with van der Waals surface area (Å²) in [6.45, 7) is 4.23. The fraction of sp³-hybridized carbons (Fsp3) is 0.424. The number of ether oxygens (including phenoxy) is 1. The monoisotopic (exact) mass is 582 g/mol. The van der Waals surface area contributed by atoms with Crippen molar-refractivity contribution in [2.24, 2.45) is 0 Å². The van der Waals surface area contributed by atoms with Gasteiger partial charge in [-0.2, -0.15) is 9.97 Å². The van der Waals surface area contributed by atoms with Crippen LogP contribution in [0.1, 0.15) is 44.1 Å². The van der Waals surface area contributed by atoms with Crippen LogP contribution in [0.3, 0.4) is 0 Å². The molecule has 2 aromatic heterocycles. The van der Waals surface area contributed by atoms with E-state index in [1.165, 1.54) is 24.3 Å². The first-order chi connectivity index (χ1) is 21.0. The number of anilines is 1. The van der Waals surface area contributed by atoms with E-state index >= 15 is 4.39 Å². The number of phenols is 1. The molecule has 0 radical (unpaired) electrons. The molecule has 4 aliphatic heterocycles. The summed E-state index contributed by atoms with van der Waals surface area (Å²) in [7, 11) is 0. The van der Waals surface area contributed by atoms with Crippen LogP contribution in [0.2, 0.25) is 0 Å². The lowest BCUT2D eigenvalue weighted by atomic mass is 9.95. The van der Waals surface area contributed by atoms with Crippen molar-refractivity contribution in [1.82, 2.24) is 25.2 Å². The number of phenolic OH excluding ortho intramolecular Hbond substituents is 1. The second kappa shape index (κ2) is 10.00. The van der Waals surface area contributed by atoms with Gasteiger partial charge in [0, 0.05) is 42.3 Å². The number of aromatic nitrogens is 3. The van der Waals surface area contributed by atoms with Gasteiger partial charge in [-0.15, -0.1) is 6.42 Å². The molecule has 8 rings (SSSR count). The van der Waals surface area contributed by atoms with Gasteiger partial charge in [0.05, 0.1) is 16.5 Å². The van der Waals surface area contributed by atoms with Crippen LogP contribution in [0, 0.1) is 24.0 Å². The topological polar surface area (TPSA) is 86.6 Å². The molecule has 8 nitrogen and oxygen atoms in total. The summed E-state index contributed by atoms with van der Waals surface area (Å²) < 4.78 is 37.9. The molecule has 2 atom stereocenters. The van der Waals surface area contributed by atoms with Crippen molar-refractivity contribution in [1.29, 1.82) is 0 Å². The van der Waals surface area contributed by atoms with Crippen LogP contribution >= 0.6 is 0 Å². The predicted molar refractivity (Wildman–Crippen MR) is 160 cm³/mol. The Morgan fingerprint density at radius 3 is 2.60 bits per heavy atom. The molecule has 0 amide bonds. The Bertz CT molecular complexity index is 1800.